The van der Waals surface area contributed by atoms with Gasteiger partial charge in [-0.1, -0.05) is 0 Å². The first-order chi connectivity index (χ1) is 2.41. The van der Waals surface area contributed by atoms with E-state index in [0.29, 0.717) is 0 Å². The second-order valence-electron chi connectivity index (χ2n) is 0.224. The Hall–Kier alpha value is -0.0800. The molecule has 0 fully saturated rings. The van der Waals surface area contributed by atoms with Gasteiger partial charge in [-0.2, -0.15) is 0 Å². The predicted molar refractivity (Wildman–Crippen MR) is 19.1 cm³/mol. The summed E-state index contributed by atoms with van der Waals surface area (Å²) >= 11 is 0. The van der Waals surface area contributed by atoms with Crippen LogP contribution in [-0.4, -0.2) is 18.8 Å². The number of aliphatic hydroxyl groups is 1. The molecule has 0 rings (SSSR count). The summed E-state index contributed by atoms with van der Waals surface area (Å²) in [6.07, 6.45) is 0. The van der Waals surface area contributed by atoms with Gasteiger partial charge in [0.15, 0.2) is 0 Å². The molecule has 0 amide bonds. The van der Waals surface area contributed by atoms with E-state index in [9.17, 15) is 0 Å². The Kier molecular flexibility index (Phi) is 70.0. The van der Waals surface area contributed by atoms with Gasteiger partial charge in [0.2, 0.25) is 0 Å². The van der Waals surface area contributed by atoms with Crippen LogP contribution in [-0.2, 0) is 5.11 Å². The van der Waals surface area contributed by atoms with Gasteiger partial charge in [-0.25, -0.2) is 5.11 Å². The highest BCUT2D eigenvalue weighted by molar-refractivity contribution is 4.15. The molecule has 5 heavy (non-hydrogen) atoms. The maximum atomic E-state index is 8.25. The second-order valence-corrected chi connectivity index (χ2v) is 0.224. The Balaban J connectivity index is 0. The van der Waals surface area contributed by atoms with Gasteiger partial charge >= 0.3 is 0 Å². The first-order valence-corrected chi connectivity index (χ1v) is 1.22. The average molecular weight is 76.1 g/mol. The van der Waals surface area contributed by atoms with Gasteiger partial charge in [0, 0.05) is 6.61 Å². The second kappa shape index (κ2) is 39.5. The Morgan fingerprint density at radius 3 is 1.80 bits per heavy atom. The van der Waals surface area contributed by atoms with E-state index in [1.807, 2.05) is 0 Å². The largest absolute Gasteiger partial charge is 0.396 e. The molecule has 0 atom stereocenters. The smallest absolute Gasteiger partial charge is 0.0712 e. The fraction of sp³-hybridized carbons (Fsp3) is 0.667. The number of rotatable bonds is 0. The lowest BCUT2D eigenvalue weighted by molar-refractivity contribution is 0.282. The molecule has 0 aliphatic rings. The van der Waals surface area contributed by atoms with Gasteiger partial charge in [0.1, 0.15) is 0 Å². The molecule has 0 aliphatic carbocycles. The third-order valence-electron chi connectivity index (χ3n) is 0. The molecular weight excluding hydrogens is 68.0 g/mol. The number of hydrogen-bond donors (Lipinski definition) is 1. The first kappa shape index (κ1) is 8.87. The first-order valence-electron chi connectivity index (χ1n) is 1.22. The van der Waals surface area contributed by atoms with Crippen LogP contribution in [0.3, 0.4) is 0 Å². The highest BCUT2D eigenvalue weighted by Crippen LogP contribution is 1.27. The summed E-state index contributed by atoms with van der Waals surface area (Å²) in [5.74, 6) is 0. The van der Waals surface area contributed by atoms with Crippen molar-refractivity contribution in [3.8, 4) is 0 Å². The zero-order chi connectivity index (χ0) is 4.71. The molecule has 0 aromatic rings. The minimum absolute atomic E-state index is 0. The van der Waals surface area contributed by atoms with E-state index in [0.717, 1.165) is 7.11 Å². The van der Waals surface area contributed by atoms with Crippen molar-refractivity contribution in [3.05, 3.63) is 6.92 Å². The van der Waals surface area contributed by atoms with Crippen LogP contribution in [0, 0.1) is 6.92 Å². The van der Waals surface area contributed by atoms with Gasteiger partial charge in [0.25, 0.3) is 0 Å². The Labute approximate surface area is 32.1 Å². The Bertz CT molecular complexity index is 4.85. The standard InChI is InChI=1S/C2H5O.CH3O/c1-2-3;1-2/h3H,1-2H2;1H3. The van der Waals surface area contributed by atoms with Gasteiger partial charge in [-0.05, 0) is 6.92 Å². The topological polar surface area (TPSA) is 40.1 Å². The highest BCUT2D eigenvalue weighted by Gasteiger charge is 1.35. The predicted octanol–water partition coefficient (Wildman–Crippen LogP) is -0.141. The molecule has 0 aromatic carbocycles. The van der Waals surface area contributed by atoms with Crippen LogP contribution in [0.15, 0.2) is 0 Å². The van der Waals surface area contributed by atoms with Crippen molar-refractivity contribution < 1.29 is 10.2 Å². The fourth-order valence-corrected chi connectivity index (χ4v) is 0. The molecule has 0 aliphatic heterocycles. The van der Waals surface area contributed by atoms with Crippen molar-refractivity contribution in [2.75, 3.05) is 13.7 Å². The van der Waals surface area contributed by atoms with E-state index in [1.54, 1.807) is 0 Å². The van der Waals surface area contributed by atoms with Crippen LogP contribution < -0.4 is 0 Å². The Morgan fingerprint density at radius 2 is 1.80 bits per heavy atom. The Morgan fingerprint density at radius 1 is 1.80 bits per heavy atom. The maximum absolute atomic E-state index is 8.25. The van der Waals surface area contributed by atoms with Crippen LogP contribution in [0.2, 0.25) is 0 Å². The lowest BCUT2D eigenvalue weighted by Crippen LogP contribution is -1.58. The summed E-state index contributed by atoms with van der Waals surface area (Å²) in [7, 11) is 0.750. The maximum Gasteiger partial charge on any atom is 0.0712 e. The van der Waals surface area contributed by atoms with Crippen molar-refractivity contribution in [1.29, 1.82) is 0 Å². The zero-order valence-corrected chi connectivity index (χ0v) is 3.27. The molecule has 1 N–H and O–H groups in total. The molecule has 2 heteroatoms. The van der Waals surface area contributed by atoms with Crippen molar-refractivity contribution >= 4 is 0 Å². The van der Waals surface area contributed by atoms with Crippen molar-refractivity contribution in [1.82, 2.24) is 0 Å². The fourth-order valence-electron chi connectivity index (χ4n) is 0. The highest BCUT2D eigenvalue weighted by atomic mass is 16.2. The normalized spacial score (nSPS) is 4.80. The zero-order valence-electron chi connectivity index (χ0n) is 3.27. The molecule has 0 heterocycles. The molecule has 0 saturated carbocycles. The van der Waals surface area contributed by atoms with Crippen molar-refractivity contribution in [2.24, 2.45) is 0 Å². The van der Waals surface area contributed by atoms with Crippen LogP contribution in [0.1, 0.15) is 0 Å². The van der Waals surface area contributed by atoms with Crippen molar-refractivity contribution in [2.45, 2.75) is 0 Å². The van der Waals surface area contributed by atoms with Gasteiger partial charge in [-0.15, -0.1) is 0 Å². The van der Waals surface area contributed by atoms with E-state index in [2.05, 4.69) is 6.92 Å². The molecular formula is C3H8O2. The molecule has 0 saturated heterocycles. The van der Waals surface area contributed by atoms with Gasteiger partial charge < -0.3 is 5.11 Å². The summed E-state index contributed by atoms with van der Waals surface area (Å²) in [6.45, 7) is 3.04. The summed E-state index contributed by atoms with van der Waals surface area (Å²) in [5, 5.41) is 15.7. The van der Waals surface area contributed by atoms with Gasteiger partial charge in [0.05, 0.1) is 7.11 Å². The summed E-state index contributed by atoms with van der Waals surface area (Å²) in [6, 6.07) is 0. The monoisotopic (exact) mass is 76.1 g/mol. The quantitative estimate of drug-likeness (QED) is 0.428. The third kappa shape index (κ3) is 2260. The molecule has 2 nitrogen and oxygen atoms in total. The van der Waals surface area contributed by atoms with E-state index >= 15 is 0 Å². The lowest BCUT2D eigenvalue weighted by atomic mass is 10.9. The molecule has 0 bridgehead atoms. The molecule has 0 aromatic heterocycles. The summed E-state index contributed by atoms with van der Waals surface area (Å²) in [4.78, 5) is 0. The molecule has 2 radical (unpaired) electrons. The van der Waals surface area contributed by atoms with E-state index < -0.39 is 0 Å². The summed E-state index contributed by atoms with van der Waals surface area (Å²) in [5.41, 5.74) is 0. The average Bonchev–Trinajstić information content (AvgIpc) is 1.46. The molecule has 32 valence electrons. The SMILES string of the molecule is C[O].[CH2]CO. The summed E-state index contributed by atoms with van der Waals surface area (Å²) < 4.78 is 0. The van der Waals surface area contributed by atoms with Crippen LogP contribution in [0.25, 0.3) is 0 Å². The molecule has 0 unspecified atom stereocenters. The van der Waals surface area contributed by atoms with Gasteiger partial charge in [-0.3, -0.25) is 0 Å². The van der Waals surface area contributed by atoms with Crippen LogP contribution in [0.4, 0.5) is 0 Å². The van der Waals surface area contributed by atoms with E-state index in [4.69, 9.17) is 10.2 Å². The lowest BCUT2D eigenvalue weighted by Gasteiger charge is -1.52. The van der Waals surface area contributed by atoms with E-state index in [1.165, 1.54) is 0 Å². The molecule has 0 spiro atoms. The van der Waals surface area contributed by atoms with Crippen LogP contribution in [0.5, 0.6) is 0 Å². The number of aliphatic hydroxyl groups excluding tert-OH is 1. The van der Waals surface area contributed by atoms with Crippen molar-refractivity contribution in [3.63, 3.8) is 0 Å². The van der Waals surface area contributed by atoms with Crippen LogP contribution >= 0.6 is 0 Å². The van der Waals surface area contributed by atoms with E-state index in [-0.39, 0.29) is 6.61 Å². The minimum atomic E-state index is 0. The minimum Gasteiger partial charge on any atom is -0.396 e. The number of hydrogen-bond acceptors (Lipinski definition) is 1. The third-order valence-corrected chi connectivity index (χ3v) is 0.